The molecule has 2 atom stereocenters. The Bertz CT molecular complexity index is 641. The molecule has 5 nitrogen and oxygen atoms in total. The number of nitrogens with zero attached hydrogens (tertiary/aromatic N) is 2. The van der Waals surface area contributed by atoms with Crippen LogP contribution in [0.4, 0.5) is 6.01 Å². The second-order valence-corrected chi connectivity index (χ2v) is 6.08. The van der Waals surface area contributed by atoms with Crippen molar-refractivity contribution in [1.82, 2.24) is 10.1 Å². The van der Waals surface area contributed by atoms with Crippen molar-refractivity contribution in [2.24, 2.45) is 5.92 Å². The van der Waals surface area contributed by atoms with Crippen molar-refractivity contribution in [3.63, 3.8) is 0 Å². The van der Waals surface area contributed by atoms with Gasteiger partial charge in [0.2, 0.25) is 5.82 Å². The summed E-state index contributed by atoms with van der Waals surface area (Å²) >= 11 is 5.98. The van der Waals surface area contributed by atoms with Gasteiger partial charge in [0.15, 0.2) is 0 Å². The van der Waals surface area contributed by atoms with Gasteiger partial charge in [0, 0.05) is 17.2 Å². The highest BCUT2D eigenvalue weighted by Crippen LogP contribution is 2.39. The van der Waals surface area contributed by atoms with Crippen LogP contribution in [0.5, 0.6) is 0 Å². The molecule has 0 bridgehead atoms. The van der Waals surface area contributed by atoms with Crippen molar-refractivity contribution < 1.29 is 9.26 Å². The number of anilines is 1. The van der Waals surface area contributed by atoms with Gasteiger partial charge in [0.25, 0.3) is 0 Å². The molecule has 21 heavy (non-hydrogen) atoms. The van der Waals surface area contributed by atoms with Crippen LogP contribution in [0.15, 0.2) is 28.8 Å². The van der Waals surface area contributed by atoms with Gasteiger partial charge in [0.1, 0.15) is 0 Å². The first kappa shape index (κ1) is 13.1. The topological polar surface area (TPSA) is 60.2 Å². The fraction of sp³-hybridized carbons (Fsp3) is 0.467. The molecule has 2 unspecified atom stereocenters. The highest BCUT2D eigenvalue weighted by molar-refractivity contribution is 6.30. The molecule has 1 aromatic heterocycles. The van der Waals surface area contributed by atoms with Crippen molar-refractivity contribution in [3.8, 4) is 11.4 Å². The average Bonchev–Trinajstić information content (AvgIpc) is 3.04. The first-order valence-electron chi connectivity index (χ1n) is 7.27. The first-order valence-corrected chi connectivity index (χ1v) is 7.65. The summed E-state index contributed by atoms with van der Waals surface area (Å²) in [4.78, 5) is 4.40. The quantitative estimate of drug-likeness (QED) is 0.938. The minimum atomic E-state index is 0.269. The van der Waals surface area contributed by atoms with E-state index in [1.54, 1.807) is 0 Å². The smallest absolute Gasteiger partial charge is 0.322 e. The molecule has 110 valence electrons. The minimum absolute atomic E-state index is 0.269. The van der Waals surface area contributed by atoms with Crippen molar-refractivity contribution >= 4 is 17.6 Å². The van der Waals surface area contributed by atoms with Gasteiger partial charge in [-0.3, -0.25) is 0 Å². The Morgan fingerprint density at radius 2 is 2.14 bits per heavy atom. The van der Waals surface area contributed by atoms with Gasteiger partial charge in [-0.15, -0.1) is 0 Å². The third-order valence-electron chi connectivity index (χ3n) is 4.04. The zero-order valence-corrected chi connectivity index (χ0v) is 12.2. The minimum Gasteiger partial charge on any atom is -0.376 e. The van der Waals surface area contributed by atoms with Crippen LogP contribution < -0.4 is 5.32 Å². The second-order valence-electron chi connectivity index (χ2n) is 5.65. The van der Waals surface area contributed by atoms with Gasteiger partial charge in [0.05, 0.1) is 12.1 Å². The predicted octanol–water partition coefficient (Wildman–Crippen LogP) is 3.37. The second kappa shape index (κ2) is 5.31. The zero-order chi connectivity index (χ0) is 14.2. The third kappa shape index (κ3) is 2.76. The lowest BCUT2D eigenvalue weighted by atomic mass is 10.1. The van der Waals surface area contributed by atoms with E-state index in [-0.39, 0.29) is 12.1 Å². The summed E-state index contributed by atoms with van der Waals surface area (Å²) < 4.78 is 11.1. The number of hydrogen-bond acceptors (Lipinski definition) is 5. The number of halogens is 1. The third-order valence-corrected chi connectivity index (χ3v) is 4.28. The number of aromatic nitrogens is 2. The van der Waals surface area contributed by atoms with E-state index in [0.29, 0.717) is 22.8 Å². The summed E-state index contributed by atoms with van der Waals surface area (Å²) in [5.41, 5.74) is 0.848. The lowest BCUT2D eigenvalue weighted by Gasteiger charge is -2.17. The maximum absolute atomic E-state index is 5.98. The average molecular weight is 306 g/mol. The maximum atomic E-state index is 5.98. The van der Waals surface area contributed by atoms with Crippen LogP contribution >= 0.6 is 11.6 Å². The molecule has 1 saturated carbocycles. The molecule has 6 heteroatoms. The molecule has 0 amide bonds. The van der Waals surface area contributed by atoms with Crippen LogP contribution in [0.1, 0.15) is 19.3 Å². The SMILES string of the molecule is Clc1cccc(-c2noc(NC3CCOC3C3CC3)n2)c1. The van der Waals surface area contributed by atoms with E-state index in [9.17, 15) is 0 Å². The van der Waals surface area contributed by atoms with E-state index >= 15 is 0 Å². The maximum Gasteiger partial charge on any atom is 0.322 e. The normalized spacial score (nSPS) is 25.2. The van der Waals surface area contributed by atoms with Crippen LogP contribution in [0.25, 0.3) is 11.4 Å². The molecule has 2 heterocycles. The van der Waals surface area contributed by atoms with E-state index in [2.05, 4.69) is 15.5 Å². The standard InChI is InChI=1S/C15H16ClN3O2/c16-11-3-1-2-10(8-11)14-18-15(21-19-14)17-12-6-7-20-13(12)9-4-5-9/h1-3,8-9,12-13H,4-7H2,(H,17,18,19). The Hall–Kier alpha value is -1.59. The molecule has 0 spiro atoms. The summed E-state index contributed by atoms with van der Waals surface area (Å²) in [7, 11) is 0. The van der Waals surface area contributed by atoms with Gasteiger partial charge >= 0.3 is 6.01 Å². The molecule has 4 rings (SSSR count). The van der Waals surface area contributed by atoms with E-state index < -0.39 is 0 Å². The van der Waals surface area contributed by atoms with Crippen molar-refractivity contribution in [2.75, 3.05) is 11.9 Å². The Kier molecular flexibility index (Phi) is 3.31. The monoisotopic (exact) mass is 305 g/mol. The summed E-state index contributed by atoms with van der Waals surface area (Å²) in [6.07, 6.45) is 3.79. The lowest BCUT2D eigenvalue weighted by Crippen LogP contribution is -2.31. The number of ether oxygens (including phenoxy) is 1. The largest absolute Gasteiger partial charge is 0.376 e. The predicted molar refractivity (Wildman–Crippen MR) is 79.2 cm³/mol. The summed E-state index contributed by atoms with van der Waals surface area (Å²) in [5, 5.41) is 7.98. The molecule has 2 fully saturated rings. The van der Waals surface area contributed by atoms with Crippen LogP contribution in [-0.4, -0.2) is 28.9 Å². The van der Waals surface area contributed by atoms with Crippen LogP contribution in [0, 0.1) is 5.92 Å². The first-order chi connectivity index (χ1) is 10.3. The molecular formula is C15H16ClN3O2. The Morgan fingerprint density at radius 3 is 2.95 bits per heavy atom. The lowest BCUT2D eigenvalue weighted by molar-refractivity contribution is 0.0894. The summed E-state index contributed by atoms with van der Waals surface area (Å²) in [6, 6.07) is 8.14. The van der Waals surface area contributed by atoms with E-state index in [0.717, 1.165) is 18.6 Å². The highest BCUT2D eigenvalue weighted by atomic mass is 35.5. The summed E-state index contributed by atoms with van der Waals surface area (Å²) in [6.45, 7) is 0.800. The molecule has 2 aliphatic rings. The van der Waals surface area contributed by atoms with Gasteiger partial charge < -0.3 is 14.6 Å². The van der Waals surface area contributed by atoms with E-state index in [1.165, 1.54) is 12.8 Å². The van der Waals surface area contributed by atoms with Crippen molar-refractivity contribution in [2.45, 2.75) is 31.4 Å². The van der Waals surface area contributed by atoms with Gasteiger partial charge in [-0.2, -0.15) is 4.98 Å². The van der Waals surface area contributed by atoms with Crippen molar-refractivity contribution in [3.05, 3.63) is 29.3 Å². The van der Waals surface area contributed by atoms with E-state index in [4.69, 9.17) is 20.9 Å². The van der Waals surface area contributed by atoms with Crippen LogP contribution in [0.2, 0.25) is 5.02 Å². The fourth-order valence-electron chi connectivity index (χ4n) is 2.84. The molecular weight excluding hydrogens is 290 g/mol. The molecule has 1 N–H and O–H groups in total. The number of benzene rings is 1. The van der Waals surface area contributed by atoms with E-state index in [1.807, 2.05) is 24.3 Å². The number of hydrogen-bond donors (Lipinski definition) is 1. The number of rotatable bonds is 4. The summed E-state index contributed by atoms with van der Waals surface area (Å²) in [5.74, 6) is 1.24. The molecule has 1 aromatic carbocycles. The van der Waals surface area contributed by atoms with Gasteiger partial charge in [-0.05, 0) is 37.3 Å². The number of nitrogens with one attached hydrogen (secondary N) is 1. The Balaban J connectivity index is 1.49. The highest BCUT2D eigenvalue weighted by Gasteiger charge is 2.41. The van der Waals surface area contributed by atoms with Gasteiger partial charge in [-0.25, -0.2) is 0 Å². The Labute approximate surface area is 127 Å². The molecule has 0 radical (unpaired) electrons. The fourth-order valence-corrected chi connectivity index (χ4v) is 3.03. The van der Waals surface area contributed by atoms with Crippen molar-refractivity contribution in [1.29, 1.82) is 0 Å². The van der Waals surface area contributed by atoms with Gasteiger partial charge in [-0.1, -0.05) is 28.9 Å². The molecule has 1 aliphatic carbocycles. The van der Waals surface area contributed by atoms with Crippen LogP contribution in [-0.2, 0) is 4.74 Å². The van der Waals surface area contributed by atoms with Crippen LogP contribution in [0.3, 0.4) is 0 Å². The Morgan fingerprint density at radius 1 is 1.24 bits per heavy atom. The molecule has 1 aliphatic heterocycles. The molecule has 2 aromatic rings. The molecule has 1 saturated heterocycles. The zero-order valence-electron chi connectivity index (χ0n) is 11.5.